The van der Waals surface area contributed by atoms with Gasteiger partial charge in [-0.1, -0.05) is 92.6 Å². The van der Waals surface area contributed by atoms with Crippen molar-refractivity contribution in [2.24, 2.45) is 0 Å². The molecule has 0 N–H and O–H groups in total. The molecular weight excluding hydrogens is 399 g/mol. The zero-order chi connectivity index (χ0) is 16.5. The highest BCUT2D eigenvalue weighted by molar-refractivity contribution is 14.2. The van der Waals surface area contributed by atoms with Gasteiger partial charge in [0.15, 0.2) is 0 Å². The number of unbranched alkanes of at least 4 members (excludes halogenated alkanes) is 11. The van der Waals surface area contributed by atoms with E-state index in [1.807, 2.05) is 8.93 Å². The minimum absolute atomic E-state index is 0.489. The lowest BCUT2D eigenvalue weighted by Crippen LogP contribution is -2.18. The molecule has 0 aliphatic heterocycles. The van der Waals surface area contributed by atoms with Crippen molar-refractivity contribution in [1.29, 1.82) is 0 Å². The van der Waals surface area contributed by atoms with Gasteiger partial charge in [0.25, 0.3) is 0 Å². The highest BCUT2D eigenvalue weighted by Gasteiger charge is 2.22. The number of allylic oxidation sites excluding steroid dienone is 1. The van der Waals surface area contributed by atoms with Crippen LogP contribution in [0.4, 0.5) is 0 Å². The average molecular weight is 439 g/mol. The zero-order valence-corrected chi connectivity index (χ0v) is 18.2. The van der Waals surface area contributed by atoms with Gasteiger partial charge in [-0.15, -0.1) is 6.58 Å². The fraction of sp³-hybridized carbons (Fsp3) is 0.900. The first-order valence-electron chi connectivity index (χ1n) is 9.59. The van der Waals surface area contributed by atoms with Crippen molar-refractivity contribution in [1.82, 2.24) is 0 Å². The molecule has 0 rings (SSSR count). The Balaban J connectivity index is 3.40. The Kier molecular flexibility index (Phi) is 17.3. The summed E-state index contributed by atoms with van der Waals surface area (Å²) >= 11 is 2.50. The van der Waals surface area contributed by atoms with Gasteiger partial charge in [-0.2, -0.15) is 0 Å². The molecule has 0 nitrogen and oxygen atoms in total. The molecule has 0 aromatic rings. The molecule has 0 aliphatic carbocycles. The van der Waals surface area contributed by atoms with Crippen molar-refractivity contribution in [2.45, 2.75) is 115 Å². The summed E-state index contributed by atoms with van der Waals surface area (Å²) < 4.78 is 0.489. The lowest BCUT2D eigenvalue weighted by molar-refractivity contribution is 0.482. The fourth-order valence-electron chi connectivity index (χ4n) is 2.99. The maximum atomic E-state index is 3.83. The number of hydrogen-bond acceptors (Lipinski definition) is 1. The largest absolute Gasteiger partial charge is 0.103 e. The molecule has 0 amide bonds. The summed E-state index contributed by atoms with van der Waals surface area (Å²) in [6.45, 7) is 8.57. The Morgan fingerprint density at radius 3 is 1.73 bits per heavy atom. The van der Waals surface area contributed by atoms with Crippen LogP contribution in [0.3, 0.4) is 0 Å². The van der Waals surface area contributed by atoms with E-state index < -0.39 is 0 Å². The first-order valence-corrected chi connectivity index (χ1v) is 12.9. The summed E-state index contributed by atoms with van der Waals surface area (Å²) in [7, 11) is 2.04. The molecule has 0 bridgehead atoms. The molecular formula is C20H39IS. The van der Waals surface area contributed by atoms with Gasteiger partial charge in [0.1, 0.15) is 0 Å². The van der Waals surface area contributed by atoms with E-state index in [0.717, 1.165) is 0 Å². The molecule has 1 unspecified atom stereocenters. The predicted molar refractivity (Wildman–Crippen MR) is 115 cm³/mol. The van der Waals surface area contributed by atoms with Crippen LogP contribution in [-0.2, 0) is 0 Å². The molecule has 1 atom stereocenters. The van der Waals surface area contributed by atoms with Crippen LogP contribution in [0.2, 0.25) is 0 Å². The summed E-state index contributed by atoms with van der Waals surface area (Å²) in [6.07, 6.45) is 23.1. The molecule has 0 aromatic carbocycles. The molecule has 132 valence electrons. The van der Waals surface area contributed by atoms with Crippen molar-refractivity contribution in [3.05, 3.63) is 12.7 Å². The van der Waals surface area contributed by atoms with Crippen LogP contribution in [0.15, 0.2) is 12.7 Å². The van der Waals surface area contributed by atoms with Gasteiger partial charge in [-0.05, 0) is 53.8 Å². The van der Waals surface area contributed by atoms with Gasteiger partial charge < -0.3 is 0 Å². The quantitative estimate of drug-likeness (QED) is 0.124. The molecule has 0 heterocycles. The van der Waals surface area contributed by atoms with Gasteiger partial charge in [-0.25, -0.2) is 0 Å². The standard InChI is InChI=1S/C20H39IS/c1-4-6-8-9-10-11-12-13-14-15-17-19-20(3,22-21)18-16-7-5-2/h5H,2,4,6-19H2,1,3H3. The second-order valence-electron chi connectivity index (χ2n) is 6.99. The molecule has 0 radical (unpaired) electrons. The Bertz CT molecular complexity index is 242. The van der Waals surface area contributed by atoms with E-state index in [2.05, 4.69) is 47.7 Å². The third-order valence-corrected chi connectivity index (χ3v) is 8.58. The third kappa shape index (κ3) is 14.4. The summed E-state index contributed by atoms with van der Waals surface area (Å²) in [5, 5.41) is 0. The second-order valence-corrected chi connectivity index (χ2v) is 9.45. The first-order chi connectivity index (χ1) is 10.7. The number of hydrogen-bond donors (Lipinski definition) is 0. The van der Waals surface area contributed by atoms with Crippen molar-refractivity contribution in [3.63, 3.8) is 0 Å². The van der Waals surface area contributed by atoms with Gasteiger partial charge in [0.05, 0.1) is 0 Å². The van der Waals surface area contributed by atoms with Gasteiger partial charge in [-0.3, -0.25) is 0 Å². The molecule has 0 aliphatic rings. The Morgan fingerprint density at radius 1 is 0.818 bits per heavy atom. The van der Waals surface area contributed by atoms with Gasteiger partial charge in [0.2, 0.25) is 0 Å². The van der Waals surface area contributed by atoms with E-state index in [9.17, 15) is 0 Å². The van der Waals surface area contributed by atoms with Crippen molar-refractivity contribution >= 4 is 30.1 Å². The number of rotatable bonds is 17. The Labute approximate surface area is 157 Å². The van der Waals surface area contributed by atoms with E-state index >= 15 is 0 Å². The lowest BCUT2D eigenvalue weighted by atomic mass is 9.95. The van der Waals surface area contributed by atoms with Crippen LogP contribution in [0.1, 0.15) is 110 Å². The highest BCUT2D eigenvalue weighted by Crippen LogP contribution is 2.40. The maximum Gasteiger partial charge on any atom is 0.0232 e. The third-order valence-electron chi connectivity index (χ3n) is 4.61. The lowest BCUT2D eigenvalue weighted by Gasteiger charge is -2.26. The van der Waals surface area contributed by atoms with Crippen molar-refractivity contribution in [3.8, 4) is 0 Å². The van der Waals surface area contributed by atoms with Crippen LogP contribution < -0.4 is 0 Å². The van der Waals surface area contributed by atoms with Crippen molar-refractivity contribution < 1.29 is 0 Å². The summed E-state index contributed by atoms with van der Waals surface area (Å²) in [5.41, 5.74) is 0. The molecule has 0 aromatic heterocycles. The van der Waals surface area contributed by atoms with Crippen LogP contribution in [0, 0.1) is 0 Å². The Morgan fingerprint density at radius 2 is 1.27 bits per heavy atom. The maximum absolute atomic E-state index is 3.83. The molecule has 2 heteroatoms. The van der Waals surface area contributed by atoms with E-state index in [1.165, 1.54) is 96.3 Å². The highest BCUT2D eigenvalue weighted by atomic mass is 127. The van der Waals surface area contributed by atoms with Crippen LogP contribution in [0.5, 0.6) is 0 Å². The normalized spacial score (nSPS) is 14.0. The van der Waals surface area contributed by atoms with Crippen molar-refractivity contribution in [2.75, 3.05) is 0 Å². The molecule has 0 saturated heterocycles. The first kappa shape index (κ1) is 22.8. The SMILES string of the molecule is C=CCCCC(C)(CCCCCCCCCCCCC)SI. The van der Waals surface area contributed by atoms with Gasteiger partial charge in [0, 0.05) is 4.75 Å². The zero-order valence-electron chi connectivity index (χ0n) is 15.2. The van der Waals surface area contributed by atoms with Gasteiger partial charge >= 0.3 is 0 Å². The fourth-order valence-corrected chi connectivity index (χ4v) is 4.75. The number of halogens is 1. The molecule has 0 fully saturated rings. The van der Waals surface area contributed by atoms with E-state index in [0.29, 0.717) is 4.75 Å². The molecule has 0 saturated carbocycles. The smallest absolute Gasteiger partial charge is 0.0232 e. The van der Waals surface area contributed by atoms with E-state index in [1.54, 1.807) is 0 Å². The van der Waals surface area contributed by atoms with Crippen LogP contribution in [0.25, 0.3) is 0 Å². The second kappa shape index (κ2) is 16.7. The molecule has 22 heavy (non-hydrogen) atoms. The van der Waals surface area contributed by atoms with Crippen LogP contribution >= 0.6 is 30.1 Å². The summed E-state index contributed by atoms with van der Waals surface area (Å²) in [5.74, 6) is 0. The van der Waals surface area contributed by atoms with Crippen LogP contribution in [-0.4, -0.2) is 4.75 Å². The summed E-state index contributed by atoms with van der Waals surface area (Å²) in [6, 6.07) is 0. The average Bonchev–Trinajstić information content (AvgIpc) is 2.53. The van der Waals surface area contributed by atoms with E-state index in [-0.39, 0.29) is 0 Å². The predicted octanol–water partition coefficient (Wildman–Crippen LogP) is 8.89. The minimum Gasteiger partial charge on any atom is -0.103 e. The summed E-state index contributed by atoms with van der Waals surface area (Å²) in [4.78, 5) is 0. The molecule has 0 spiro atoms. The van der Waals surface area contributed by atoms with E-state index in [4.69, 9.17) is 0 Å². The monoisotopic (exact) mass is 438 g/mol. The minimum atomic E-state index is 0.489. The Hall–Kier alpha value is 0.820. The topological polar surface area (TPSA) is 0 Å².